The van der Waals surface area contributed by atoms with Gasteiger partial charge in [-0.2, -0.15) is 4.72 Å². The number of hydrogen-bond donors (Lipinski definition) is 3. The van der Waals surface area contributed by atoms with Crippen LogP contribution in [0.3, 0.4) is 0 Å². The minimum absolute atomic E-state index is 0.0226. The third-order valence-corrected chi connectivity index (χ3v) is 7.40. The van der Waals surface area contributed by atoms with Crippen molar-refractivity contribution >= 4 is 21.8 Å². The standard InChI is InChI=1S/C28H27N3O4S/c1-20-7-2-3-10-26(20)36(34,35)31-25(28(32)33)18-21-12-14-23(15-13-21)24-9-6-8-22(17-24)19-30-27-11-4-5-16-29-27/h2-17,25,31H,18-19H2,1H3,(H,29,30)(H,32,33). The number of carbonyl (C=O) groups is 1. The van der Waals surface area contributed by atoms with E-state index in [9.17, 15) is 18.3 Å². The molecular weight excluding hydrogens is 474 g/mol. The topological polar surface area (TPSA) is 108 Å². The number of benzene rings is 3. The van der Waals surface area contributed by atoms with Crippen LogP contribution in [0, 0.1) is 6.92 Å². The van der Waals surface area contributed by atoms with Gasteiger partial charge in [0, 0.05) is 12.7 Å². The van der Waals surface area contributed by atoms with Crippen LogP contribution in [-0.2, 0) is 27.8 Å². The maximum absolute atomic E-state index is 12.8. The van der Waals surface area contributed by atoms with Gasteiger partial charge in [0.1, 0.15) is 11.9 Å². The van der Waals surface area contributed by atoms with Crippen LogP contribution in [0.1, 0.15) is 16.7 Å². The summed E-state index contributed by atoms with van der Waals surface area (Å²) in [7, 11) is -3.98. The molecule has 1 heterocycles. The van der Waals surface area contributed by atoms with E-state index in [-0.39, 0.29) is 11.3 Å². The molecule has 1 aromatic heterocycles. The summed E-state index contributed by atoms with van der Waals surface area (Å²) in [4.78, 5) is 16.2. The van der Waals surface area contributed by atoms with E-state index in [1.165, 1.54) is 6.07 Å². The van der Waals surface area contributed by atoms with E-state index < -0.39 is 22.0 Å². The third-order valence-electron chi connectivity index (χ3n) is 5.77. The summed E-state index contributed by atoms with van der Waals surface area (Å²) >= 11 is 0. The lowest BCUT2D eigenvalue weighted by Gasteiger charge is -2.16. The van der Waals surface area contributed by atoms with Crippen LogP contribution in [0.25, 0.3) is 11.1 Å². The van der Waals surface area contributed by atoms with Gasteiger partial charge >= 0.3 is 5.97 Å². The molecule has 0 radical (unpaired) electrons. The van der Waals surface area contributed by atoms with Crippen LogP contribution in [0.5, 0.6) is 0 Å². The number of hydrogen-bond acceptors (Lipinski definition) is 5. The molecule has 4 aromatic rings. The molecule has 0 spiro atoms. The second kappa shape index (κ2) is 11.2. The van der Waals surface area contributed by atoms with Crippen molar-refractivity contribution in [1.29, 1.82) is 0 Å². The Hall–Kier alpha value is -4.01. The fourth-order valence-electron chi connectivity index (χ4n) is 3.88. The zero-order chi connectivity index (χ0) is 25.5. The van der Waals surface area contributed by atoms with Gasteiger partial charge in [0.2, 0.25) is 10.0 Å². The van der Waals surface area contributed by atoms with E-state index in [0.717, 1.165) is 22.5 Å². The number of carboxylic acid groups (broad SMARTS) is 1. The second-order valence-electron chi connectivity index (χ2n) is 8.45. The van der Waals surface area contributed by atoms with Gasteiger partial charge in [-0.1, -0.05) is 66.7 Å². The number of sulfonamides is 1. The number of anilines is 1. The van der Waals surface area contributed by atoms with Crippen molar-refractivity contribution in [2.24, 2.45) is 0 Å². The molecule has 0 bridgehead atoms. The lowest BCUT2D eigenvalue weighted by atomic mass is 9.99. The molecule has 3 N–H and O–H groups in total. The van der Waals surface area contributed by atoms with Crippen LogP contribution >= 0.6 is 0 Å². The van der Waals surface area contributed by atoms with Gasteiger partial charge in [0.25, 0.3) is 0 Å². The van der Waals surface area contributed by atoms with Gasteiger partial charge in [-0.3, -0.25) is 4.79 Å². The highest BCUT2D eigenvalue weighted by Crippen LogP contribution is 2.22. The molecule has 184 valence electrons. The summed E-state index contributed by atoms with van der Waals surface area (Å²) < 4.78 is 27.9. The molecule has 0 fully saturated rings. The molecule has 3 aromatic carbocycles. The van der Waals surface area contributed by atoms with Crippen molar-refractivity contribution < 1.29 is 18.3 Å². The fraction of sp³-hybridized carbons (Fsp3) is 0.143. The average molecular weight is 502 g/mol. The lowest BCUT2D eigenvalue weighted by Crippen LogP contribution is -2.42. The van der Waals surface area contributed by atoms with E-state index in [4.69, 9.17) is 0 Å². The van der Waals surface area contributed by atoms with E-state index in [0.29, 0.717) is 17.7 Å². The van der Waals surface area contributed by atoms with Crippen LogP contribution < -0.4 is 10.0 Å². The van der Waals surface area contributed by atoms with Gasteiger partial charge in [-0.05, 0) is 65.4 Å². The van der Waals surface area contributed by atoms with E-state index >= 15 is 0 Å². The number of nitrogens with zero attached hydrogens (tertiary/aromatic N) is 1. The summed E-state index contributed by atoms with van der Waals surface area (Å²) in [5.74, 6) is -0.428. The van der Waals surface area contributed by atoms with Gasteiger partial charge in [-0.15, -0.1) is 0 Å². The van der Waals surface area contributed by atoms with E-state index in [2.05, 4.69) is 21.1 Å². The Balaban J connectivity index is 1.45. The predicted octanol–water partition coefficient (Wildman–Crippen LogP) is 4.64. The van der Waals surface area contributed by atoms with Crippen molar-refractivity contribution in [3.05, 3.63) is 114 Å². The quantitative estimate of drug-likeness (QED) is 0.292. The number of nitrogens with one attached hydrogen (secondary N) is 2. The molecule has 7 nitrogen and oxygen atoms in total. The van der Waals surface area contributed by atoms with Gasteiger partial charge in [0.05, 0.1) is 4.90 Å². The first-order valence-corrected chi connectivity index (χ1v) is 12.9. The van der Waals surface area contributed by atoms with Crippen LogP contribution in [-0.4, -0.2) is 30.5 Å². The number of aromatic nitrogens is 1. The molecule has 0 aliphatic rings. The fourth-order valence-corrected chi connectivity index (χ4v) is 5.31. The normalized spacial score (nSPS) is 12.1. The largest absolute Gasteiger partial charge is 0.480 e. The highest BCUT2D eigenvalue weighted by molar-refractivity contribution is 7.89. The van der Waals surface area contributed by atoms with Crippen molar-refractivity contribution in [3.63, 3.8) is 0 Å². The first kappa shape index (κ1) is 25.1. The molecule has 0 saturated heterocycles. The second-order valence-corrected chi connectivity index (χ2v) is 10.1. The highest BCUT2D eigenvalue weighted by Gasteiger charge is 2.26. The minimum Gasteiger partial charge on any atom is -0.480 e. The SMILES string of the molecule is Cc1ccccc1S(=O)(=O)NC(Cc1ccc(-c2cccc(CNc3ccccn3)c2)cc1)C(=O)O. The number of carboxylic acids is 1. The zero-order valence-electron chi connectivity index (χ0n) is 19.8. The van der Waals surface area contributed by atoms with Crippen molar-refractivity contribution in [1.82, 2.24) is 9.71 Å². The number of aryl methyl sites for hydroxylation is 1. The number of pyridine rings is 1. The van der Waals surface area contributed by atoms with Crippen molar-refractivity contribution in [2.75, 3.05) is 5.32 Å². The summed E-state index contributed by atoms with van der Waals surface area (Å²) in [5.41, 5.74) is 4.36. The molecule has 0 saturated carbocycles. The van der Waals surface area contributed by atoms with E-state index in [1.807, 2.05) is 60.7 Å². The molecular formula is C28H27N3O4S. The number of aliphatic carboxylic acids is 1. The molecule has 1 unspecified atom stereocenters. The Bertz CT molecular complexity index is 1440. The number of rotatable bonds is 10. The lowest BCUT2D eigenvalue weighted by molar-refractivity contribution is -0.138. The molecule has 4 rings (SSSR count). The van der Waals surface area contributed by atoms with Crippen molar-refractivity contribution in [2.45, 2.75) is 30.8 Å². The molecule has 0 aliphatic heterocycles. The summed E-state index contributed by atoms with van der Waals surface area (Å²) in [5, 5.41) is 13.0. The molecule has 1 atom stereocenters. The van der Waals surface area contributed by atoms with Crippen LogP contribution in [0.4, 0.5) is 5.82 Å². The Morgan fingerprint density at radius 3 is 2.33 bits per heavy atom. The average Bonchev–Trinajstić information content (AvgIpc) is 2.88. The predicted molar refractivity (Wildman–Crippen MR) is 140 cm³/mol. The van der Waals surface area contributed by atoms with Gasteiger partial charge in [0.15, 0.2) is 0 Å². The minimum atomic E-state index is -3.98. The van der Waals surface area contributed by atoms with Crippen LogP contribution in [0.15, 0.2) is 102 Å². The summed E-state index contributed by atoms with van der Waals surface area (Å²) in [6.07, 6.45) is 1.76. The maximum Gasteiger partial charge on any atom is 0.322 e. The Labute approximate surface area is 210 Å². The Morgan fingerprint density at radius 1 is 0.889 bits per heavy atom. The molecule has 36 heavy (non-hydrogen) atoms. The molecule has 8 heteroatoms. The van der Waals surface area contributed by atoms with Gasteiger partial charge in [-0.25, -0.2) is 13.4 Å². The molecule has 0 aliphatic carbocycles. The van der Waals surface area contributed by atoms with E-state index in [1.54, 1.807) is 31.3 Å². The smallest absolute Gasteiger partial charge is 0.322 e. The first-order valence-electron chi connectivity index (χ1n) is 11.5. The summed E-state index contributed by atoms with van der Waals surface area (Å²) in [6, 6.07) is 26.5. The Kier molecular flexibility index (Phi) is 7.77. The zero-order valence-corrected chi connectivity index (χ0v) is 20.6. The first-order chi connectivity index (χ1) is 17.3. The Morgan fingerprint density at radius 2 is 1.64 bits per heavy atom. The van der Waals surface area contributed by atoms with Gasteiger partial charge < -0.3 is 10.4 Å². The van der Waals surface area contributed by atoms with Crippen LogP contribution in [0.2, 0.25) is 0 Å². The summed E-state index contributed by atoms with van der Waals surface area (Å²) in [6.45, 7) is 2.30. The third kappa shape index (κ3) is 6.35. The highest BCUT2D eigenvalue weighted by atomic mass is 32.2. The van der Waals surface area contributed by atoms with Crippen molar-refractivity contribution in [3.8, 4) is 11.1 Å². The maximum atomic E-state index is 12.8. The monoisotopic (exact) mass is 501 g/mol. The molecule has 0 amide bonds.